The van der Waals surface area contributed by atoms with Gasteiger partial charge >= 0.3 is 0 Å². The fraction of sp³-hybridized carbons (Fsp3) is 0.588. The van der Waals surface area contributed by atoms with E-state index < -0.39 is 87.8 Å². The standard InChI is InChI=1S/C34H36O11S2/c1-3-29-25-26-30(4-2)28(47(41,42)20-13-9-6-10-14-20)24-22(36)16-18-32(24,44-30)34(26,38)45-33(25,37)31(43-29)17-15-21(35)23(31)27(29)46(39,40)19-11-7-5-8-12-19/h5-14,23-28,37-38H,3-4,15-18H2,1-2H3/t23-,24-,25+,26+,27-,28-,29-,30-,31-,32-,33+,34+/m1/s1. The van der Waals surface area contributed by atoms with Gasteiger partial charge < -0.3 is 24.4 Å². The van der Waals surface area contributed by atoms with Gasteiger partial charge in [-0.2, -0.15) is 0 Å². The molecule has 2 saturated carbocycles. The summed E-state index contributed by atoms with van der Waals surface area (Å²) < 4.78 is 78.9. The summed E-state index contributed by atoms with van der Waals surface area (Å²) in [4.78, 5) is 27.5. The minimum atomic E-state index is -4.31. The molecule has 5 saturated heterocycles. The molecule has 2 aromatic carbocycles. The third kappa shape index (κ3) is 2.94. The number of ketones is 2. The molecule has 4 bridgehead atoms. The second kappa shape index (κ2) is 8.79. The van der Waals surface area contributed by atoms with E-state index in [9.17, 15) is 36.6 Å². The van der Waals surface area contributed by atoms with Crippen LogP contribution in [0.25, 0.3) is 0 Å². The van der Waals surface area contributed by atoms with Crippen LogP contribution in [0.5, 0.6) is 0 Å². The molecular formula is C34H36O11S2. The molecule has 0 unspecified atom stereocenters. The molecule has 7 fully saturated rings. The van der Waals surface area contributed by atoms with Crippen molar-refractivity contribution in [2.45, 2.75) is 107 Å². The topological polar surface area (TPSA) is 171 Å². The highest BCUT2D eigenvalue weighted by Gasteiger charge is 2.99. The van der Waals surface area contributed by atoms with Crippen molar-refractivity contribution in [3.63, 3.8) is 0 Å². The summed E-state index contributed by atoms with van der Waals surface area (Å²) in [7, 11) is -8.61. The number of fused-ring (bicyclic) bond motifs is 7. The van der Waals surface area contributed by atoms with Crippen LogP contribution in [0.3, 0.4) is 0 Å². The third-order valence-electron chi connectivity index (χ3n) is 13.2. The van der Waals surface area contributed by atoms with Crippen molar-refractivity contribution in [1.82, 2.24) is 0 Å². The fourth-order valence-electron chi connectivity index (χ4n) is 11.7. The maximum absolute atomic E-state index is 14.7. The Morgan fingerprint density at radius 1 is 0.638 bits per heavy atom. The Morgan fingerprint density at radius 2 is 1.00 bits per heavy atom. The highest BCUT2D eigenvalue weighted by atomic mass is 32.2. The van der Waals surface area contributed by atoms with Gasteiger partial charge in [-0.05, 0) is 49.9 Å². The Bertz CT molecular complexity index is 1830. The van der Waals surface area contributed by atoms with Gasteiger partial charge in [0.25, 0.3) is 0 Å². The largest absolute Gasteiger partial charge is 0.363 e. The van der Waals surface area contributed by atoms with Crippen LogP contribution in [0.15, 0.2) is 70.5 Å². The molecule has 12 atom stereocenters. The Morgan fingerprint density at radius 3 is 1.34 bits per heavy atom. The van der Waals surface area contributed by atoms with Gasteiger partial charge in [0, 0.05) is 12.8 Å². The molecule has 2 aliphatic carbocycles. The van der Waals surface area contributed by atoms with Gasteiger partial charge in [-0.3, -0.25) is 9.59 Å². The van der Waals surface area contributed by atoms with Crippen molar-refractivity contribution in [3.05, 3.63) is 60.7 Å². The predicted octanol–water partition coefficient (Wildman–Crippen LogP) is 2.13. The first-order chi connectivity index (χ1) is 22.2. The molecule has 9 rings (SSSR count). The maximum Gasteiger partial charge on any atom is 0.205 e. The number of Topliss-reactive ketones (excluding diaryl/α,β-unsaturated/α-hetero) is 2. The third-order valence-corrected chi connectivity index (χ3v) is 17.7. The predicted molar refractivity (Wildman–Crippen MR) is 162 cm³/mol. The van der Waals surface area contributed by atoms with Gasteiger partial charge in [-0.15, -0.1) is 0 Å². The van der Waals surface area contributed by atoms with Gasteiger partial charge in [0.1, 0.15) is 33.3 Å². The number of benzene rings is 2. The van der Waals surface area contributed by atoms with Crippen molar-refractivity contribution >= 4 is 31.2 Å². The molecule has 0 aromatic heterocycles. The molecule has 47 heavy (non-hydrogen) atoms. The number of rotatable bonds is 6. The summed E-state index contributed by atoms with van der Waals surface area (Å²) in [5, 5.41) is 23.0. The Balaban J connectivity index is 1.32. The van der Waals surface area contributed by atoms with Crippen LogP contribution >= 0.6 is 0 Å². The highest BCUT2D eigenvalue weighted by molar-refractivity contribution is 7.92. The molecule has 5 aliphatic heterocycles. The Hall–Kier alpha value is -2.52. The molecule has 0 radical (unpaired) electrons. The number of hydrogen-bond acceptors (Lipinski definition) is 11. The van der Waals surface area contributed by atoms with E-state index in [1.54, 1.807) is 50.2 Å². The van der Waals surface area contributed by atoms with E-state index in [1.807, 2.05) is 0 Å². The quantitative estimate of drug-likeness (QED) is 0.457. The molecule has 11 nitrogen and oxygen atoms in total. The van der Waals surface area contributed by atoms with Crippen molar-refractivity contribution < 1.29 is 50.8 Å². The number of aliphatic hydroxyl groups is 2. The van der Waals surface area contributed by atoms with E-state index in [0.29, 0.717) is 0 Å². The number of carbonyl (C=O) groups is 2. The lowest BCUT2D eigenvalue weighted by molar-refractivity contribution is -0.371. The molecule has 13 heteroatoms. The van der Waals surface area contributed by atoms with Crippen LogP contribution in [0.1, 0.15) is 52.4 Å². The SMILES string of the molecule is CC[C@]12O[C@@]3(CCC(=O)[C@@H]3[C@H]1S(=O)(=O)c1ccccc1)[C@@]1(O)O[C@@]3(O)[C@@H]([C@@H]21)[C@@]1(CC)O[C@@]32CCC(=O)[C@@H]2[C@H]1S(=O)(=O)c1ccccc1. The summed E-state index contributed by atoms with van der Waals surface area (Å²) in [6, 6.07) is 15.5. The van der Waals surface area contributed by atoms with E-state index in [4.69, 9.17) is 14.2 Å². The monoisotopic (exact) mass is 684 g/mol. The first-order valence-electron chi connectivity index (χ1n) is 16.4. The smallest absolute Gasteiger partial charge is 0.205 e. The van der Waals surface area contributed by atoms with E-state index in [0.717, 1.165) is 0 Å². The summed E-state index contributed by atoms with van der Waals surface area (Å²) >= 11 is 0. The summed E-state index contributed by atoms with van der Waals surface area (Å²) in [5.41, 5.74) is -7.20. The van der Waals surface area contributed by atoms with Crippen molar-refractivity contribution in [1.29, 1.82) is 0 Å². The minimum Gasteiger partial charge on any atom is -0.363 e. The lowest BCUT2D eigenvalue weighted by Crippen LogP contribution is -2.69. The summed E-state index contributed by atoms with van der Waals surface area (Å²) in [6.07, 6.45) is -0.225. The average Bonchev–Trinajstić information content (AvgIpc) is 3.86. The molecule has 2 spiro atoms. The first kappa shape index (κ1) is 30.5. The molecule has 0 amide bonds. The number of ether oxygens (including phenoxy) is 3. The number of sulfone groups is 2. The van der Waals surface area contributed by atoms with E-state index in [-0.39, 0.29) is 59.9 Å². The lowest BCUT2D eigenvalue weighted by Gasteiger charge is -2.50. The van der Waals surface area contributed by atoms with Crippen molar-refractivity contribution in [3.8, 4) is 0 Å². The second-order valence-electron chi connectivity index (χ2n) is 14.5. The molecule has 7 aliphatic rings. The van der Waals surface area contributed by atoms with Gasteiger partial charge in [0.2, 0.25) is 11.6 Å². The van der Waals surface area contributed by atoms with Crippen LogP contribution in [0.2, 0.25) is 0 Å². The molecule has 2 aromatic rings. The van der Waals surface area contributed by atoms with Crippen LogP contribution in [0, 0.1) is 23.7 Å². The minimum absolute atomic E-state index is 0.00341. The van der Waals surface area contributed by atoms with E-state index in [1.165, 1.54) is 24.3 Å². The Labute approximate surface area is 272 Å². The van der Waals surface area contributed by atoms with Crippen LogP contribution in [0.4, 0.5) is 0 Å². The number of hydrogen-bond donors (Lipinski definition) is 2. The van der Waals surface area contributed by atoms with Gasteiger partial charge in [-0.25, -0.2) is 16.8 Å². The molecular weight excluding hydrogens is 648 g/mol. The van der Waals surface area contributed by atoms with Gasteiger partial charge in [-0.1, -0.05) is 50.2 Å². The first-order valence-corrected chi connectivity index (χ1v) is 19.5. The summed E-state index contributed by atoms with van der Waals surface area (Å²) in [5.74, 6) is -10.7. The van der Waals surface area contributed by atoms with Crippen molar-refractivity contribution in [2.24, 2.45) is 23.7 Å². The van der Waals surface area contributed by atoms with Crippen LogP contribution in [-0.2, 0) is 43.5 Å². The van der Waals surface area contributed by atoms with Crippen LogP contribution in [-0.4, -0.2) is 83.1 Å². The zero-order chi connectivity index (χ0) is 33.2. The fourth-order valence-corrected chi connectivity index (χ4v) is 16.6. The maximum atomic E-state index is 14.7. The van der Waals surface area contributed by atoms with Gasteiger partial charge in [0.15, 0.2) is 19.7 Å². The van der Waals surface area contributed by atoms with E-state index in [2.05, 4.69) is 0 Å². The lowest BCUT2D eigenvalue weighted by atomic mass is 9.54. The average molecular weight is 685 g/mol. The van der Waals surface area contributed by atoms with Crippen LogP contribution < -0.4 is 0 Å². The molecule has 250 valence electrons. The molecule has 5 heterocycles. The molecule has 2 N–H and O–H groups in total. The highest BCUT2D eigenvalue weighted by Crippen LogP contribution is 2.82. The van der Waals surface area contributed by atoms with Crippen molar-refractivity contribution in [2.75, 3.05) is 0 Å². The van der Waals surface area contributed by atoms with Gasteiger partial charge in [0.05, 0.1) is 44.7 Å². The second-order valence-corrected chi connectivity index (χ2v) is 18.6. The zero-order valence-corrected chi connectivity index (χ0v) is 27.5. The Kier molecular flexibility index (Phi) is 5.71. The zero-order valence-electron chi connectivity index (χ0n) is 25.9. The normalized spacial score (nSPS) is 48.9. The van der Waals surface area contributed by atoms with E-state index >= 15 is 0 Å². The summed E-state index contributed by atoms with van der Waals surface area (Å²) in [6.45, 7) is 3.42. The number of carbonyl (C=O) groups excluding carboxylic acids is 2.